The number of nitrogens with zero attached hydrogens (tertiary/aromatic N) is 1. The number of amides is 1. The molecule has 1 amide bonds. The van der Waals surface area contributed by atoms with Crippen molar-refractivity contribution in [2.45, 2.75) is 19.9 Å². The fourth-order valence-corrected chi connectivity index (χ4v) is 2.71. The number of carbonyl (C=O) groups is 2. The maximum atomic E-state index is 11.9. The predicted octanol–water partition coefficient (Wildman–Crippen LogP) is 1.22. The van der Waals surface area contributed by atoms with Crippen LogP contribution in [0.1, 0.15) is 24.2 Å². The third-order valence-corrected chi connectivity index (χ3v) is 3.72. The molecule has 1 heterocycles. The molecule has 1 aromatic carbocycles. The Bertz CT molecular complexity index is 545. The van der Waals surface area contributed by atoms with Crippen LogP contribution in [0.25, 0.3) is 0 Å². The summed E-state index contributed by atoms with van der Waals surface area (Å²) in [6.45, 7) is 6.55. The predicted molar refractivity (Wildman–Crippen MR) is 82.1 cm³/mol. The number of hydrogen-bond acceptors (Lipinski definition) is 4. The lowest BCUT2D eigenvalue weighted by atomic mass is 10.00. The molecule has 0 saturated carbocycles. The SMILES string of the molecule is CC(C)C1C(=O)NCCN1CCOc1cccc(C(=O)O)c1. The van der Waals surface area contributed by atoms with Gasteiger partial charge in [-0.15, -0.1) is 0 Å². The zero-order chi connectivity index (χ0) is 16.1. The number of nitrogens with one attached hydrogen (secondary N) is 1. The van der Waals surface area contributed by atoms with Crippen molar-refractivity contribution >= 4 is 11.9 Å². The molecule has 22 heavy (non-hydrogen) atoms. The van der Waals surface area contributed by atoms with Crippen molar-refractivity contribution in [2.24, 2.45) is 5.92 Å². The minimum absolute atomic E-state index is 0.0640. The van der Waals surface area contributed by atoms with Crippen LogP contribution >= 0.6 is 0 Å². The van der Waals surface area contributed by atoms with Gasteiger partial charge in [0.15, 0.2) is 0 Å². The lowest BCUT2D eigenvalue weighted by Gasteiger charge is -2.37. The zero-order valence-electron chi connectivity index (χ0n) is 12.9. The Balaban J connectivity index is 1.91. The Morgan fingerprint density at radius 2 is 2.27 bits per heavy atom. The summed E-state index contributed by atoms with van der Waals surface area (Å²) >= 11 is 0. The van der Waals surface area contributed by atoms with Crippen LogP contribution in [0.5, 0.6) is 5.75 Å². The average Bonchev–Trinajstić information content (AvgIpc) is 2.47. The molecule has 1 aliphatic rings. The third kappa shape index (κ3) is 3.98. The molecule has 120 valence electrons. The van der Waals surface area contributed by atoms with Crippen LogP contribution in [-0.2, 0) is 4.79 Å². The first kappa shape index (κ1) is 16.3. The largest absolute Gasteiger partial charge is 0.492 e. The van der Waals surface area contributed by atoms with Gasteiger partial charge in [-0.05, 0) is 24.1 Å². The molecule has 0 bridgehead atoms. The van der Waals surface area contributed by atoms with E-state index in [1.807, 2.05) is 13.8 Å². The number of hydrogen-bond donors (Lipinski definition) is 2. The number of benzene rings is 1. The molecule has 1 aliphatic heterocycles. The molecular weight excluding hydrogens is 284 g/mol. The first-order chi connectivity index (χ1) is 10.5. The average molecular weight is 306 g/mol. The number of carboxylic acids is 1. The summed E-state index contributed by atoms with van der Waals surface area (Å²) in [5.41, 5.74) is 0.204. The lowest BCUT2D eigenvalue weighted by Crippen LogP contribution is -2.58. The van der Waals surface area contributed by atoms with Crippen molar-refractivity contribution in [3.63, 3.8) is 0 Å². The molecule has 1 unspecified atom stereocenters. The maximum absolute atomic E-state index is 11.9. The monoisotopic (exact) mass is 306 g/mol. The van der Waals surface area contributed by atoms with Crippen LogP contribution < -0.4 is 10.1 Å². The van der Waals surface area contributed by atoms with E-state index in [1.165, 1.54) is 12.1 Å². The number of aromatic carboxylic acids is 1. The highest BCUT2D eigenvalue weighted by Crippen LogP contribution is 2.16. The maximum Gasteiger partial charge on any atom is 0.335 e. The Morgan fingerprint density at radius 3 is 2.95 bits per heavy atom. The van der Waals surface area contributed by atoms with Crippen molar-refractivity contribution in [1.29, 1.82) is 0 Å². The molecule has 2 N–H and O–H groups in total. The number of piperazine rings is 1. The van der Waals surface area contributed by atoms with Crippen LogP contribution in [0.15, 0.2) is 24.3 Å². The van der Waals surface area contributed by atoms with E-state index in [1.54, 1.807) is 12.1 Å². The summed E-state index contributed by atoms with van der Waals surface area (Å²) in [4.78, 5) is 25.0. The van der Waals surface area contributed by atoms with Gasteiger partial charge >= 0.3 is 5.97 Å². The second kappa shape index (κ2) is 7.26. The second-order valence-corrected chi connectivity index (χ2v) is 5.70. The second-order valence-electron chi connectivity index (χ2n) is 5.70. The van der Waals surface area contributed by atoms with Gasteiger partial charge in [-0.3, -0.25) is 9.69 Å². The first-order valence-electron chi connectivity index (χ1n) is 7.47. The summed E-state index contributed by atoms with van der Waals surface area (Å²) < 4.78 is 5.63. The van der Waals surface area contributed by atoms with Gasteiger partial charge in [-0.25, -0.2) is 4.79 Å². The van der Waals surface area contributed by atoms with Crippen molar-refractivity contribution < 1.29 is 19.4 Å². The van der Waals surface area contributed by atoms with Crippen molar-refractivity contribution in [1.82, 2.24) is 10.2 Å². The van der Waals surface area contributed by atoms with Crippen LogP contribution in [0.2, 0.25) is 0 Å². The van der Waals surface area contributed by atoms with Gasteiger partial charge in [0.1, 0.15) is 12.4 Å². The summed E-state index contributed by atoms with van der Waals surface area (Å²) in [5.74, 6) is -0.148. The molecule has 1 aromatic rings. The minimum atomic E-state index is -0.974. The molecule has 0 aromatic heterocycles. The molecule has 0 radical (unpaired) electrons. The lowest BCUT2D eigenvalue weighted by molar-refractivity contribution is -0.130. The standard InChI is InChI=1S/C16H22N2O4/c1-11(2)14-15(19)17-6-7-18(14)8-9-22-13-5-3-4-12(10-13)16(20)21/h3-5,10-11,14H,6-9H2,1-2H3,(H,17,19)(H,20,21). The Kier molecular flexibility index (Phi) is 5.38. The van der Waals surface area contributed by atoms with E-state index in [-0.39, 0.29) is 23.4 Å². The van der Waals surface area contributed by atoms with E-state index in [2.05, 4.69) is 10.2 Å². The summed E-state index contributed by atoms with van der Waals surface area (Å²) in [6, 6.07) is 6.28. The van der Waals surface area contributed by atoms with Crippen molar-refractivity contribution in [3.8, 4) is 5.75 Å². The summed E-state index contributed by atoms with van der Waals surface area (Å²) in [6.07, 6.45) is 0. The highest BCUT2D eigenvalue weighted by molar-refractivity contribution is 5.88. The third-order valence-electron chi connectivity index (χ3n) is 3.72. The van der Waals surface area contributed by atoms with Gasteiger partial charge in [-0.2, -0.15) is 0 Å². The molecule has 1 fully saturated rings. The van der Waals surface area contributed by atoms with E-state index in [4.69, 9.17) is 9.84 Å². The van der Waals surface area contributed by atoms with Gasteiger partial charge in [0.25, 0.3) is 0 Å². The van der Waals surface area contributed by atoms with Gasteiger partial charge in [0.2, 0.25) is 5.91 Å². The van der Waals surface area contributed by atoms with E-state index in [9.17, 15) is 9.59 Å². The molecule has 6 nitrogen and oxygen atoms in total. The van der Waals surface area contributed by atoms with Crippen LogP contribution in [-0.4, -0.2) is 54.2 Å². The Hall–Kier alpha value is -2.08. The zero-order valence-corrected chi connectivity index (χ0v) is 12.9. The molecule has 1 saturated heterocycles. The van der Waals surface area contributed by atoms with Gasteiger partial charge < -0.3 is 15.2 Å². The van der Waals surface area contributed by atoms with E-state index < -0.39 is 5.97 Å². The quantitative estimate of drug-likeness (QED) is 0.826. The van der Waals surface area contributed by atoms with Crippen LogP contribution in [0, 0.1) is 5.92 Å². The van der Waals surface area contributed by atoms with E-state index >= 15 is 0 Å². The number of rotatable bonds is 6. The van der Waals surface area contributed by atoms with E-state index in [0.29, 0.717) is 25.4 Å². The highest BCUT2D eigenvalue weighted by Gasteiger charge is 2.31. The van der Waals surface area contributed by atoms with E-state index in [0.717, 1.165) is 6.54 Å². The normalized spacial score (nSPS) is 19.0. The van der Waals surface area contributed by atoms with Gasteiger partial charge in [-0.1, -0.05) is 19.9 Å². The first-order valence-corrected chi connectivity index (χ1v) is 7.47. The summed E-state index contributed by atoms with van der Waals surface area (Å²) in [5, 5.41) is 11.8. The van der Waals surface area contributed by atoms with Gasteiger partial charge in [0.05, 0.1) is 11.6 Å². The Morgan fingerprint density at radius 1 is 1.50 bits per heavy atom. The molecule has 6 heteroatoms. The highest BCUT2D eigenvalue weighted by atomic mass is 16.5. The Labute approximate surface area is 130 Å². The van der Waals surface area contributed by atoms with Crippen molar-refractivity contribution in [3.05, 3.63) is 29.8 Å². The molecule has 0 aliphatic carbocycles. The topological polar surface area (TPSA) is 78.9 Å². The molecular formula is C16H22N2O4. The fraction of sp³-hybridized carbons (Fsp3) is 0.500. The number of carbonyl (C=O) groups excluding carboxylic acids is 1. The molecule has 0 spiro atoms. The van der Waals surface area contributed by atoms with Gasteiger partial charge in [0, 0.05) is 19.6 Å². The number of carboxylic acid groups (broad SMARTS) is 1. The fourth-order valence-electron chi connectivity index (χ4n) is 2.71. The van der Waals surface area contributed by atoms with Crippen LogP contribution in [0.3, 0.4) is 0 Å². The van der Waals surface area contributed by atoms with Crippen LogP contribution in [0.4, 0.5) is 0 Å². The number of ether oxygens (including phenoxy) is 1. The minimum Gasteiger partial charge on any atom is -0.492 e. The summed E-state index contributed by atoms with van der Waals surface area (Å²) in [7, 11) is 0. The molecule has 1 atom stereocenters. The smallest absolute Gasteiger partial charge is 0.335 e. The molecule has 2 rings (SSSR count). The van der Waals surface area contributed by atoms with Crippen molar-refractivity contribution in [2.75, 3.05) is 26.2 Å².